The van der Waals surface area contributed by atoms with E-state index >= 15 is 0 Å². The molecule has 1 N–H and O–H groups in total. The van der Waals surface area contributed by atoms with Crippen LogP contribution in [0.3, 0.4) is 0 Å². The Morgan fingerprint density at radius 3 is 1.88 bits per heavy atom. The molecule has 0 fully saturated rings. The largest absolute Gasteiger partial charge is 0.390 e. The standard InChI is InChI=1S/C13H24N2O/c1-12(2,3)10-9(8-16)14-15(7)11(10)13(4,5)6/h16H,8H2,1-7H3. The summed E-state index contributed by atoms with van der Waals surface area (Å²) in [5.74, 6) is 0. The van der Waals surface area contributed by atoms with E-state index in [2.05, 4.69) is 46.6 Å². The molecule has 0 saturated carbocycles. The average Bonchev–Trinajstić information content (AvgIpc) is 2.40. The molecule has 0 aromatic carbocycles. The number of aromatic nitrogens is 2. The van der Waals surface area contributed by atoms with Crippen LogP contribution >= 0.6 is 0 Å². The van der Waals surface area contributed by atoms with Gasteiger partial charge in [0.25, 0.3) is 0 Å². The molecule has 0 aliphatic rings. The molecule has 0 atom stereocenters. The van der Waals surface area contributed by atoms with Crippen LogP contribution in [0.15, 0.2) is 0 Å². The minimum atomic E-state index is 0.00887. The third-order valence-electron chi connectivity index (χ3n) is 2.73. The summed E-state index contributed by atoms with van der Waals surface area (Å²) in [6.45, 7) is 13.0. The molecular formula is C13H24N2O. The summed E-state index contributed by atoms with van der Waals surface area (Å²) >= 11 is 0. The number of hydrogen-bond donors (Lipinski definition) is 1. The van der Waals surface area contributed by atoms with Crippen LogP contribution in [0.4, 0.5) is 0 Å². The molecule has 1 aromatic rings. The van der Waals surface area contributed by atoms with Gasteiger partial charge in [0.15, 0.2) is 0 Å². The average molecular weight is 224 g/mol. The number of aryl methyl sites for hydroxylation is 1. The van der Waals surface area contributed by atoms with Crippen molar-refractivity contribution in [1.29, 1.82) is 0 Å². The fraction of sp³-hybridized carbons (Fsp3) is 0.769. The van der Waals surface area contributed by atoms with Gasteiger partial charge in [-0.25, -0.2) is 0 Å². The molecule has 0 aliphatic carbocycles. The quantitative estimate of drug-likeness (QED) is 0.796. The zero-order chi connectivity index (χ0) is 12.7. The minimum absolute atomic E-state index is 0.00887. The molecule has 1 aromatic heterocycles. The molecular weight excluding hydrogens is 200 g/mol. The lowest BCUT2D eigenvalue weighted by Gasteiger charge is -2.27. The maximum absolute atomic E-state index is 9.41. The predicted octanol–water partition coefficient (Wildman–Crippen LogP) is 2.51. The maximum Gasteiger partial charge on any atom is 0.0919 e. The second kappa shape index (κ2) is 3.88. The molecule has 3 heteroatoms. The normalized spacial score (nSPS) is 13.2. The van der Waals surface area contributed by atoms with E-state index < -0.39 is 0 Å². The van der Waals surface area contributed by atoms with E-state index in [9.17, 15) is 5.11 Å². The monoisotopic (exact) mass is 224 g/mol. The SMILES string of the molecule is Cn1nc(CO)c(C(C)(C)C)c1C(C)(C)C. The summed E-state index contributed by atoms with van der Waals surface area (Å²) in [7, 11) is 1.95. The molecule has 0 radical (unpaired) electrons. The van der Waals surface area contributed by atoms with Gasteiger partial charge in [-0.15, -0.1) is 0 Å². The highest BCUT2D eigenvalue weighted by Gasteiger charge is 2.31. The fourth-order valence-corrected chi connectivity index (χ4v) is 2.34. The molecule has 92 valence electrons. The van der Waals surface area contributed by atoms with Crippen LogP contribution in [0.2, 0.25) is 0 Å². The summed E-state index contributed by atoms with van der Waals surface area (Å²) < 4.78 is 1.91. The van der Waals surface area contributed by atoms with Crippen molar-refractivity contribution in [2.45, 2.75) is 59.0 Å². The van der Waals surface area contributed by atoms with Gasteiger partial charge in [0.2, 0.25) is 0 Å². The first-order valence-electron chi connectivity index (χ1n) is 5.76. The smallest absolute Gasteiger partial charge is 0.0919 e. The van der Waals surface area contributed by atoms with E-state index in [-0.39, 0.29) is 17.4 Å². The van der Waals surface area contributed by atoms with E-state index in [1.165, 1.54) is 11.3 Å². The Balaban J connectivity index is 3.54. The summed E-state index contributed by atoms with van der Waals surface area (Å²) in [4.78, 5) is 0. The van der Waals surface area contributed by atoms with Crippen LogP contribution < -0.4 is 0 Å². The van der Waals surface area contributed by atoms with Crippen LogP contribution in [0, 0.1) is 0 Å². The predicted molar refractivity (Wildman–Crippen MR) is 66.5 cm³/mol. The Labute approximate surface area is 98.5 Å². The molecule has 0 amide bonds. The van der Waals surface area contributed by atoms with E-state index in [1.54, 1.807) is 0 Å². The van der Waals surface area contributed by atoms with Crippen LogP contribution in [0.25, 0.3) is 0 Å². The summed E-state index contributed by atoms with van der Waals surface area (Å²) in [5.41, 5.74) is 3.25. The van der Waals surface area contributed by atoms with Gasteiger partial charge in [-0.05, 0) is 5.41 Å². The zero-order valence-electron chi connectivity index (χ0n) is 11.5. The van der Waals surface area contributed by atoms with E-state index in [0.717, 1.165) is 5.69 Å². The fourth-order valence-electron chi connectivity index (χ4n) is 2.34. The number of aliphatic hydroxyl groups is 1. The number of nitrogens with zero attached hydrogens (tertiary/aromatic N) is 2. The van der Waals surface area contributed by atoms with Gasteiger partial charge in [0, 0.05) is 23.7 Å². The highest BCUT2D eigenvalue weighted by Crippen LogP contribution is 2.35. The number of aliphatic hydroxyl groups excluding tert-OH is 1. The van der Waals surface area contributed by atoms with Crippen molar-refractivity contribution in [2.24, 2.45) is 7.05 Å². The summed E-state index contributed by atoms with van der Waals surface area (Å²) in [6, 6.07) is 0. The van der Waals surface area contributed by atoms with Gasteiger partial charge in [0.1, 0.15) is 0 Å². The Morgan fingerprint density at radius 1 is 1.06 bits per heavy atom. The topological polar surface area (TPSA) is 38.0 Å². The molecule has 16 heavy (non-hydrogen) atoms. The van der Waals surface area contributed by atoms with Gasteiger partial charge in [-0.2, -0.15) is 5.10 Å². The highest BCUT2D eigenvalue weighted by molar-refractivity contribution is 5.36. The van der Waals surface area contributed by atoms with Crippen molar-refractivity contribution in [1.82, 2.24) is 9.78 Å². The summed E-state index contributed by atoms with van der Waals surface area (Å²) in [5, 5.41) is 13.8. The van der Waals surface area contributed by atoms with Crippen LogP contribution in [0.5, 0.6) is 0 Å². The van der Waals surface area contributed by atoms with Crippen LogP contribution in [-0.4, -0.2) is 14.9 Å². The van der Waals surface area contributed by atoms with Crippen molar-refractivity contribution in [2.75, 3.05) is 0 Å². The molecule has 0 unspecified atom stereocenters. The van der Waals surface area contributed by atoms with Gasteiger partial charge in [0.05, 0.1) is 12.3 Å². The molecule has 1 rings (SSSR count). The lowest BCUT2D eigenvalue weighted by Crippen LogP contribution is -2.24. The Hall–Kier alpha value is -0.830. The Bertz CT molecular complexity index is 378. The van der Waals surface area contributed by atoms with Crippen molar-refractivity contribution >= 4 is 0 Å². The lowest BCUT2D eigenvalue weighted by molar-refractivity contribution is 0.272. The first-order valence-corrected chi connectivity index (χ1v) is 5.76. The molecule has 0 bridgehead atoms. The molecule has 3 nitrogen and oxygen atoms in total. The molecule has 0 spiro atoms. The first-order chi connectivity index (χ1) is 7.09. The highest BCUT2D eigenvalue weighted by atomic mass is 16.3. The number of hydrogen-bond acceptors (Lipinski definition) is 2. The lowest BCUT2D eigenvalue weighted by atomic mass is 9.78. The Kier molecular flexibility index (Phi) is 3.21. The van der Waals surface area contributed by atoms with E-state index in [4.69, 9.17) is 0 Å². The van der Waals surface area contributed by atoms with E-state index in [0.29, 0.717) is 0 Å². The van der Waals surface area contributed by atoms with Crippen LogP contribution in [-0.2, 0) is 24.5 Å². The zero-order valence-corrected chi connectivity index (χ0v) is 11.5. The van der Waals surface area contributed by atoms with Crippen LogP contribution in [0.1, 0.15) is 58.5 Å². The first kappa shape index (κ1) is 13.2. The molecule has 0 aliphatic heterocycles. The Morgan fingerprint density at radius 2 is 1.56 bits per heavy atom. The second-order valence-corrected chi connectivity index (χ2v) is 6.45. The van der Waals surface area contributed by atoms with E-state index in [1.807, 2.05) is 11.7 Å². The molecule has 0 saturated heterocycles. The number of rotatable bonds is 1. The third-order valence-corrected chi connectivity index (χ3v) is 2.73. The van der Waals surface area contributed by atoms with Crippen molar-refractivity contribution in [3.63, 3.8) is 0 Å². The van der Waals surface area contributed by atoms with Crippen molar-refractivity contribution < 1.29 is 5.11 Å². The van der Waals surface area contributed by atoms with Crippen molar-refractivity contribution in [3.05, 3.63) is 17.0 Å². The van der Waals surface area contributed by atoms with Crippen molar-refractivity contribution in [3.8, 4) is 0 Å². The van der Waals surface area contributed by atoms with Gasteiger partial charge in [-0.3, -0.25) is 4.68 Å². The minimum Gasteiger partial charge on any atom is -0.390 e. The summed E-state index contributed by atoms with van der Waals surface area (Å²) in [6.07, 6.45) is 0. The third kappa shape index (κ3) is 2.29. The van der Waals surface area contributed by atoms with Gasteiger partial charge >= 0.3 is 0 Å². The van der Waals surface area contributed by atoms with Gasteiger partial charge in [-0.1, -0.05) is 41.5 Å². The maximum atomic E-state index is 9.41. The van der Waals surface area contributed by atoms with Gasteiger partial charge < -0.3 is 5.11 Å². The molecule has 1 heterocycles. The second-order valence-electron chi connectivity index (χ2n) is 6.45.